The second-order valence-electron chi connectivity index (χ2n) is 5.67. The van der Waals surface area contributed by atoms with E-state index in [1.165, 1.54) is 6.26 Å². The number of rotatable bonds is 9. The largest absolute Gasteiger partial charge is 0.494 e. The molecule has 1 aliphatic heterocycles. The molecule has 1 aliphatic rings. The zero-order valence-electron chi connectivity index (χ0n) is 16.5. The van der Waals surface area contributed by atoms with Crippen LogP contribution in [-0.2, 0) is 9.47 Å². The molecule has 10 heteroatoms. The van der Waals surface area contributed by atoms with Crippen molar-refractivity contribution in [3.63, 3.8) is 0 Å². The first kappa shape index (κ1) is 20.3. The SMILES string of the molecule is CCOc1cc(C(=O)Nc2nnc(C3=COCCO3)o2)cc(OCC)c1OCC. The van der Waals surface area contributed by atoms with Gasteiger partial charge in [-0.3, -0.25) is 10.1 Å². The zero-order chi connectivity index (χ0) is 20.6. The van der Waals surface area contributed by atoms with Gasteiger partial charge in [-0.05, 0) is 32.9 Å². The Balaban J connectivity index is 1.82. The summed E-state index contributed by atoms with van der Waals surface area (Å²) >= 11 is 0. The van der Waals surface area contributed by atoms with E-state index in [2.05, 4.69) is 15.5 Å². The minimum Gasteiger partial charge on any atom is -0.494 e. The van der Waals surface area contributed by atoms with Gasteiger partial charge in [-0.15, -0.1) is 5.10 Å². The van der Waals surface area contributed by atoms with Crippen molar-refractivity contribution < 1.29 is 32.9 Å². The van der Waals surface area contributed by atoms with Crippen molar-refractivity contribution in [3.05, 3.63) is 29.8 Å². The fourth-order valence-electron chi connectivity index (χ4n) is 2.54. The van der Waals surface area contributed by atoms with E-state index in [1.54, 1.807) is 12.1 Å². The van der Waals surface area contributed by atoms with Crippen LogP contribution in [0.1, 0.15) is 37.0 Å². The fourth-order valence-corrected chi connectivity index (χ4v) is 2.54. The first-order valence-electron chi connectivity index (χ1n) is 9.32. The molecule has 0 atom stereocenters. The van der Waals surface area contributed by atoms with Crippen LogP contribution in [0.2, 0.25) is 0 Å². The molecule has 3 rings (SSSR count). The number of aromatic nitrogens is 2. The molecule has 2 aromatic rings. The number of nitrogens with zero attached hydrogens (tertiary/aromatic N) is 2. The summed E-state index contributed by atoms with van der Waals surface area (Å²) in [6.07, 6.45) is 1.39. The molecule has 156 valence electrons. The number of nitrogens with one attached hydrogen (secondary N) is 1. The Kier molecular flexibility index (Phi) is 6.77. The third-order valence-electron chi connectivity index (χ3n) is 3.68. The smallest absolute Gasteiger partial charge is 0.322 e. The van der Waals surface area contributed by atoms with Crippen LogP contribution >= 0.6 is 0 Å². The Morgan fingerprint density at radius 3 is 2.31 bits per heavy atom. The van der Waals surface area contributed by atoms with Gasteiger partial charge in [0, 0.05) is 5.56 Å². The molecule has 0 bridgehead atoms. The highest BCUT2D eigenvalue weighted by Crippen LogP contribution is 2.39. The molecule has 0 aliphatic carbocycles. The van der Waals surface area contributed by atoms with Crippen LogP contribution in [-0.4, -0.2) is 49.1 Å². The molecule has 0 fully saturated rings. The molecule has 1 aromatic carbocycles. The summed E-state index contributed by atoms with van der Waals surface area (Å²) < 4.78 is 32.8. The molecule has 2 heterocycles. The van der Waals surface area contributed by atoms with Gasteiger partial charge in [-0.25, -0.2) is 0 Å². The van der Waals surface area contributed by atoms with Gasteiger partial charge in [0.05, 0.1) is 19.8 Å². The molecule has 0 spiro atoms. The van der Waals surface area contributed by atoms with Gasteiger partial charge in [-0.2, -0.15) is 0 Å². The Hall–Kier alpha value is -3.43. The predicted molar refractivity (Wildman–Crippen MR) is 102 cm³/mol. The second-order valence-corrected chi connectivity index (χ2v) is 5.67. The van der Waals surface area contributed by atoms with Crippen LogP contribution in [0.25, 0.3) is 5.76 Å². The number of hydrogen-bond donors (Lipinski definition) is 1. The molecule has 0 radical (unpaired) electrons. The monoisotopic (exact) mass is 405 g/mol. The van der Waals surface area contributed by atoms with Crippen LogP contribution in [0.15, 0.2) is 22.8 Å². The molecule has 0 unspecified atom stereocenters. The van der Waals surface area contributed by atoms with Gasteiger partial charge >= 0.3 is 6.01 Å². The quantitative estimate of drug-likeness (QED) is 0.672. The minimum absolute atomic E-state index is 0.0788. The standard InChI is InChI=1S/C19H23N3O7/c1-4-25-13-9-12(10-14(26-5-2)16(13)27-6-3)17(23)20-19-22-21-18(29-19)15-11-24-7-8-28-15/h9-11H,4-8H2,1-3H3,(H,20,22,23). The number of amides is 1. The minimum atomic E-state index is -0.472. The number of anilines is 1. The maximum Gasteiger partial charge on any atom is 0.322 e. The van der Waals surface area contributed by atoms with Crippen LogP contribution < -0.4 is 19.5 Å². The lowest BCUT2D eigenvalue weighted by molar-refractivity contribution is 0.102. The molecular formula is C19H23N3O7. The van der Waals surface area contributed by atoms with Crippen LogP contribution in [0.3, 0.4) is 0 Å². The van der Waals surface area contributed by atoms with E-state index in [-0.39, 0.29) is 17.5 Å². The average Bonchev–Trinajstić information content (AvgIpc) is 3.19. The lowest BCUT2D eigenvalue weighted by Gasteiger charge is -2.16. The van der Waals surface area contributed by atoms with E-state index >= 15 is 0 Å². The topological polar surface area (TPSA) is 114 Å². The van der Waals surface area contributed by atoms with Gasteiger partial charge in [0.2, 0.25) is 11.5 Å². The van der Waals surface area contributed by atoms with E-state index in [4.69, 9.17) is 28.1 Å². The predicted octanol–water partition coefficient (Wildman–Crippen LogP) is 2.86. The molecule has 0 saturated heterocycles. The Bertz CT molecular complexity index is 851. The van der Waals surface area contributed by atoms with Gasteiger partial charge in [-0.1, -0.05) is 5.10 Å². The molecular weight excluding hydrogens is 382 g/mol. The second kappa shape index (κ2) is 9.67. The molecule has 1 aromatic heterocycles. The molecule has 10 nitrogen and oxygen atoms in total. The molecule has 1 amide bonds. The van der Waals surface area contributed by atoms with E-state index in [9.17, 15) is 4.79 Å². The van der Waals surface area contributed by atoms with Gasteiger partial charge in [0.15, 0.2) is 11.5 Å². The number of carbonyl (C=O) groups excluding carboxylic acids is 1. The first-order valence-corrected chi connectivity index (χ1v) is 9.32. The maximum atomic E-state index is 12.7. The molecule has 1 N–H and O–H groups in total. The molecule has 29 heavy (non-hydrogen) atoms. The van der Waals surface area contributed by atoms with Crippen LogP contribution in [0.4, 0.5) is 6.01 Å². The van der Waals surface area contributed by atoms with Gasteiger partial charge in [0.1, 0.15) is 19.5 Å². The van der Waals surface area contributed by atoms with Crippen molar-refractivity contribution in [3.8, 4) is 17.2 Å². The Morgan fingerprint density at radius 2 is 1.72 bits per heavy atom. The highest BCUT2D eigenvalue weighted by Gasteiger charge is 2.21. The summed E-state index contributed by atoms with van der Waals surface area (Å²) in [5.74, 6) is 1.22. The zero-order valence-corrected chi connectivity index (χ0v) is 16.5. The lowest BCUT2D eigenvalue weighted by atomic mass is 10.1. The summed E-state index contributed by atoms with van der Waals surface area (Å²) in [5.41, 5.74) is 0.288. The summed E-state index contributed by atoms with van der Waals surface area (Å²) in [7, 11) is 0. The highest BCUT2D eigenvalue weighted by atomic mass is 16.6. The number of carbonyl (C=O) groups is 1. The van der Waals surface area contributed by atoms with Crippen LogP contribution in [0.5, 0.6) is 17.2 Å². The van der Waals surface area contributed by atoms with Crippen molar-refractivity contribution in [1.29, 1.82) is 0 Å². The normalized spacial score (nSPS) is 13.0. The van der Waals surface area contributed by atoms with E-state index in [1.807, 2.05) is 20.8 Å². The van der Waals surface area contributed by atoms with E-state index in [0.717, 1.165) is 0 Å². The summed E-state index contributed by atoms with van der Waals surface area (Å²) in [5, 5.41) is 10.2. The fraction of sp³-hybridized carbons (Fsp3) is 0.421. The summed E-state index contributed by atoms with van der Waals surface area (Å²) in [6, 6.07) is 3.07. The number of benzene rings is 1. The van der Waals surface area contributed by atoms with Crippen molar-refractivity contribution in [1.82, 2.24) is 10.2 Å². The first-order chi connectivity index (χ1) is 14.2. The van der Waals surface area contributed by atoms with E-state index in [0.29, 0.717) is 56.0 Å². The maximum absolute atomic E-state index is 12.7. The molecule has 0 saturated carbocycles. The average molecular weight is 405 g/mol. The van der Waals surface area contributed by atoms with Crippen molar-refractivity contribution in [2.75, 3.05) is 38.4 Å². The summed E-state index contributed by atoms with van der Waals surface area (Å²) in [6.45, 7) is 7.60. The van der Waals surface area contributed by atoms with E-state index < -0.39 is 5.91 Å². The highest BCUT2D eigenvalue weighted by molar-refractivity contribution is 6.04. The third-order valence-corrected chi connectivity index (χ3v) is 3.68. The number of hydrogen-bond acceptors (Lipinski definition) is 9. The Morgan fingerprint density at radius 1 is 1.03 bits per heavy atom. The van der Waals surface area contributed by atoms with Crippen molar-refractivity contribution in [2.24, 2.45) is 0 Å². The third kappa shape index (κ3) is 4.89. The number of ether oxygens (including phenoxy) is 5. The van der Waals surface area contributed by atoms with Crippen molar-refractivity contribution in [2.45, 2.75) is 20.8 Å². The Labute approximate surface area is 167 Å². The van der Waals surface area contributed by atoms with Gasteiger partial charge < -0.3 is 28.1 Å². The van der Waals surface area contributed by atoms with Crippen LogP contribution in [0, 0.1) is 0 Å². The van der Waals surface area contributed by atoms with Gasteiger partial charge in [0.25, 0.3) is 11.8 Å². The lowest BCUT2D eigenvalue weighted by Crippen LogP contribution is -2.13. The summed E-state index contributed by atoms with van der Waals surface area (Å²) in [4.78, 5) is 12.7. The van der Waals surface area contributed by atoms with Crippen molar-refractivity contribution >= 4 is 17.7 Å².